The Bertz CT molecular complexity index is 510. The number of nitrogens with two attached hydrogens (primary N) is 1. The van der Waals surface area contributed by atoms with Crippen LogP contribution in [0.2, 0.25) is 5.02 Å². The van der Waals surface area contributed by atoms with Crippen LogP contribution in [0.5, 0.6) is 0 Å². The number of rotatable bonds is 4. The first kappa shape index (κ1) is 16.5. The molecule has 1 rings (SSSR count). The van der Waals surface area contributed by atoms with Crippen LogP contribution in [-0.4, -0.2) is 18.4 Å². The van der Waals surface area contributed by atoms with Gasteiger partial charge in [-0.15, -0.1) is 0 Å². The Hall–Kier alpha value is -1.59. The molecule has 0 atom stereocenters. The van der Waals surface area contributed by atoms with Gasteiger partial charge in [0.15, 0.2) is 0 Å². The van der Waals surface area contributed by atoms with Gasteiger partial charge in [0.2, 0.25) is 11.8 Å². The Morgan fingerprint density at radius 1 is 1.25 bits per heavy atom. The van der Waals surface area contributed by atoms with Gasteiger partial charge in [0.1, 0.15) is 0 Å². The number of amides is 2. The largest absolute Gasteiger partial charge is 0.330 e. The lowest BCUT2D eigenvalue weighted by molar-refractivity contribution is -0.123. The molecule has 0 aliphatic carbocycles. The molecule has 1 aromatic rings. The van der Waals surface area contributed by atoms with Crippen LogP contribution in [0, 0.1) is 5.41 Å². The number of nitrogens with one attached hydrogen (secondary N) is 2. The molecule has 6 heteroatoms. The lowest BCUT2D eigenvalue weighted by Gasteiger charge is -2.18. The number of anilines is 2. The normalized spacial score (nSPS) is 11.1. The van der Waals surface area contributed by atoms with Crippen molar-refractivity contribution >= 4 is 34.8 Å². The highest BCUT2D eigenvalue weighted by Gasteiger charge is 2.21. The van der Waals surface area contributed by atoms with Gasteiger partial charge >= 0.3 is 0 Å². The second-order valence-corrected chi connectivity index (χ2v) is 5.89. The predicted octanol–water partition coefficient (Wildman–Crippen LogP) is 2.61. The van der Waals surface area contributed by atoms with E-state index in [1.165, 1.54) is 0 Å². The third-order valence-corrected chi connectivity index (χ3v) is 2.88. The third-order valence-electron chi connectivity index (χ3n) is 2.55. The van der Waals surface area contributed by atoms with Gasteiger partial charge in [-0.25, -0.2) is 0 Å². The Kier molecular flexibility index (Phi) is 5.53. The minimum atomic E-state index is -0.497. The van der Waals surface area contributed by atoms with Crippen LogP contribution in [0.3, 0.4) is 0 Å². The van der Waals surface area contributed by atoms with E-state index in [9.17, 15) is 9.59 Å². The van der Waals surface area contributed by atoms with Gasteiger partial charge in [-0.2, -0.15) is 0 Å². The SMILES string of the molecule is CC(C)(C)C(=O)Nc1ccc(Cl)c(NC(=O)CCN)c1. The zero-order chi connectivity index (χ0) is 15.3. The molecule has 1 aromatic carbocycles. The Morgan fingerprint density at radius 2 is 1.90 bits per heavy atom. The standard InChI is InChI=1S/C14H20ClN3O2/c1-14(2,3)13(20)17-9-4-5-10(15)11(8-9)18-12(19)6-7-16/h4-5,8H,6-7,16H2,1-3H3,(H,17,20)(H,18,19). The van der Waals surface area contributed by atoms with Crippen LogP contribution in [0.15, 0.2) is 18.2 Å². The number of hydrogen-bond acceptors (Lipinski definition) is 3. The van der Waals surface area contributed by atoms with Crippen LogP contribution in [-0.2, 0) is 9.59 Å². The van der Waals surface area contributed by atoms with Crippen molar-refractivity contribution in [2.75, 3.05) is 17.2 Å². The van der Waals surface area contributed by atoms with Crippen molar-refractivity contribution in [1.82, 2.24) is 0 Å². The lowest BCUT2D eigenvalue weighted by Crippen LogP contribution is -2.27. The van der Waals surface area contributed by atoms with E-state index < -0.39 is 5.41 Å². The van der Waals surface area contributed by atoms with Gasteiger partial charge in [0.05, 0.1) is 10.7 Å². The Balaban J connectivity index is 2.86. The van der Waals surface area contributed by atoms with Crippen molar-refractivity contribution < 1.29 is 9.59 Å². The van der Waals surface area contributed by atoms with Crippen LogP contribution < -0.4 is 16.4 Å². The van der Waals surface area contributed by atoms with Gasteiger partial charge in [0, 0.05) is 24.1 Å². The summed E-state index contributed by atoms with van der Waals surface area (Å²) in [5.74, 6) is -0.326. The molecule has 0 fully saturated rings. The number of halogens is 1. The molecule has 2 amide bonds. The molecule has 20 heavy (non-hydrogen) atoms. The minimum absolute atomic E-state index is 0.112. The molecule has 0 aromatic heterocycles. The second kappa shape index (κ2) is 6.72. The van der Waals surface area contributed by atoms with Crippen molar-refractivity contribution in [1.29, 1.82) is 0 Å². The van der Waals surface area contributed by atoms with E-state index in [4.69, 9.17) is 17.3 Å². The first-order valence-electron chi connectivity index (χ1n) is 6.35. The van der Waals surface area contributed by atoms with E-state index in [0.29, 0.717) is 16.4 Å². The van der Waals surface area contributed by atoms with Crippen molar-refractivity contribution in [3.63, 3.8) is 0 Å². The predicted molar refractivity (Wildman–Crippen MR) is 81.8 cm³/mol. The Morgan fingerprint density at radius 3 is 2.45 bits per heavy atom. The summed E-state index contributed by atoms with van der Waals surface area (Å²) in [6.07, 6.45) is 0.217. The number of hydrogen-bond donors (Lipinski definition) is 3. The van der Waals surface area contributed by atoms with E-state index >= 15 is 0 Å². The van der Waals surface area contributed by atoms with Gasteiger partial charge in [-0.3, -0.25) is 9.59 Å². The molecular formula is C14H20ClN3O2. The van der Waals surface area contributed by atoms with Gasteiger partial charge in [0.25, 0.3) is 0 Å². The average Bonchev–Trinajstić information content (AvgIpc) is 2.32. The Labute approximate surface area is 123 Å². The molecule has 0 aliphatic heterocycles. The van der Waals surface area contributed by atoms with Crippen molar-refractivity contribution in [2.45, 2.75) is 27.2 Å². The van der Waals surface area contributed by atoms with E-state index in [0.717, 1.165) is 0 Å². The maximum Gasteiger partial charge on any atom is 0.229 e. The van der Waals surface area contributed by atoms with Crippen molar-refractivity contribution in [3.8, 4) is 0 Å². The fourth-order valence-electron chi connectivity index (χ4n) is 1.36. The summed E-state index contributed by atoms with van der Waals surface area (Å²) in [6, 6.07) is 4.93. The zero-order valence-electron chi connectivity index (χ0n) is 11.9. The summed E-state index contributed by atoms with van der Waals surface area (Å²) in [5.41, 5.74) is 5.85. The minimum Gasteiger partial charge on any atom is -0.330 e. The fourth-order valence-corrected chi connectivity index (χ4v) is 1.53. The zero-order valence-corrected chi connectivity index (χ0v) is 12.7. The van der Waals surface area contributed by atoms with E-state index in [1.807, 2.05) is 20.8 Å². The highest BCUT2D eigenvalue weighted by molar-refractivity contribution is 6.33. The molecule has 0 aliphatic rings. The van der Waals surface area contributed by atoms with E-state index in [1.54, 1.807) is 18.2 Å². The summed E-state index contributed by atoms with van der Waals surface area (Å²) in [7, 11) is 0. The molecule has 0 saturated heterocycles. The van der Waals surface area contributed by atoms with E-state index in [2.05, 4.69) is 10.6 Å². The van der Waals surface area contributed by atoms with Gasteiger partial charge < -0.3 is 16.4 Å². The quantitative estimate of drug-likeness (QED) is 0.798. The van der Waals surface area contributed by atoms with E-state index in [-0.39, 0.29) is 24.8 Å². The van der Waals surface area contributed by atoms with Crippen molar-refractivity contribution in [3.05, 3.63) is 23.2 Å². The topological polar surface area (TPSA) is 84.2 Å². The number of carbonyl (C=O) groups is 2. The molecule has 0 unspecified atom stereocenters. The first-order chi connectivity index (χ1) is 9.24. The van der Waals surface area contributed by atoms with Gasteiger partial charge in [-0.1, -0.05) is 32.4 Å². The summed E-state index contributed by atoms with van der Waals surface area (Å²) in [5, 5.41) is 5.85. The highest BCUT2D eigenvalue weighted by Crippen LogP contribution is 2.27. The number of benzene rings is 1. The smallest absolute Gasteiger partial charge is 0.229 e. The summed E-state index contributed by atoms with van der Waals surface area (Å²) < 4.78 is 0. The lowest BCUT2D eigenvalue weighted by atomic mass is 9.95. The molecular weight excluding hydrogens is 278 g/mol. The molecule has 110 valence electrons. The maximum absolute atomic E-state index is 11.9. The van der Waals surface area contributed by atoms with Crippen LogP contribution in [0.4, 0.5) is 11.4 Å². The van der Waals surface area contributed by atoms with Crippen molar-refractivity contribution in [2.24, 2.45) is 11.1 Å². The molecule has 4 N–H and O–H groups in total. The first-order valence-corrected chi connectivity index (χ1v) is 6.73. The summed E-state index contributed by atoms with van der Waals surface area (Å²) in [4.78, 5) is 23.4. The average molecular weight is 298 g/mol. The molecule has 5 nitrogen and oxygen atoms in total. The fraction of sp³-hybridized carbons (Fsp3) is 0.429. The monoisotopic (exact) mass is 297 g/mol. The molecule has 0 saturated carbocycles. The second-order valence-electron chi connectivity index (χ2n) is 5.49. The molecule has 0 bridgehead atoms. The summed E-state index contributed by atoms with van der Waals surface area (Å²) >= 11 is 6.01. The maximum atomic E-state index is 11.9. The summed E-state index contributed by atoms with van der Waals surface area (Å²) in [6.45, 7) is 5.73. The van der Waals surface area contributed by atoms with Crippen LogP contribution >= 0.6 is 11.6 Å². The highest BCUT2D eigenvalue weighted by atomic mass is 35.5. The van der Waals surface area contributed by atoms with Gasteiger partial charge in [-0.05, 0) is 18.2 Å². The molecule has 0 heterocycles. The number of carbonyl (C=O) groups excluding carboxylic acids is 2. The molecule has 0 spiro atoms. The van der Waals surface area contributed by atoms with Crippen LogP contribution in [0.1, 0.15) is 27.2 Å². The molecule has 0 radical (unpaired) electrons. The van der Waals surface area contributed by atoms with Crippen LogP contribution in [0.25, 0.3) is 0 Å². The third kappa shape index (κ3) is 4.83.